The molecule has 1 fully saturated rings. The van der Waals surface area contributed by atoms with Crippen LogP contribution in [0, 0.1) is 6.92 Å². The Bertz CT molecular complexity index is 730. The number of nitrogens with one attached hydrogen (secondary N) is 2. The third kappa shape index (κ3) is 4.09. The van der Waals surface area contributed by atoms with E-state index in [0.29, 0.717) is 0 Å². The van der Waals surface area contributed by atoms with Crippen LogP contribution in [0.4, 0.5) is 4.79 Å². The summed E-state index contributed by atoms with van der Waals surface area (Å²) in [7, 11) is 0. The first-order valence-electron chi connectivity index (χ1n) is 8.59. The van der Waals surface area contributed by atoms with Crippen LogP contribution in [0.2, 0.25) is 0 Å². The molecule has 5 heteroatoms. The second-order valence-corrected chi connectivity index (χ2v) is 7.73. The van der Waals surface area contributed by atoms with E-state index in [0.717, 1.165) is 26.1 Å². The predicted molar refractivity (Wildman–Crippen MR) is 96.1 cm³/mol. The number of hydrogen-bond acceptors (Lipinski definition) is 3. The molecule has 5 nitrogen and oxygen atoms in total. The van der Waals surface area contributed by atoms with Gasteiger partial charge in [0.15, 0.2) is 0 Å². The van der Waals surface area contributed by atoms with Gasteiger partial charge in [0.2, 0.25) is 0 Å². The van der Waals surface area contributed by atoms with E-state index in [1.165, 1.54) is 22.0 Å². The van der Waals surface area contributed by atoms with Crippen molar-refractivity contribution >= 4 is 17.0 Å². The fourth-order valence-corrected chi connectivity index (χ4v) is 3.24. The number of nitrogens with zero attached hydrogens (tertiary/aromatic N) is 1. The van der Waals surface area contributed by atoms with E-state index < -0.39 is 5.60 Å². The second-order valence-electron chi connectivity index (χ2n) is 7.73. The Hall–Kier alpha value is -2.01. The van der Waals surface area contributed by atoms with E-state index in [-0.39, 0.29) is 12.1 Å². The number of aromatic amines is 1. The standard InChI is InChI=1S/C19H27N3O2/c1-13-5-6-16-14(10-20-17(16)9-13)11-22-8-7-15(12-22)21-18(23)24-19(2,3)4/h5-6,9-10,15,20H,7-8,11-12H2,1-4H3,(H,21,23)/t15-/m1/s1. The van der Waals surface area contributed by atoms with Crippen LogP contribution < -0.4 is 5.32 Å². The number of ether oxygens (including phenoxy) is 1. The van der Waals surface area contributed by atoms with Crippen LogP contribution in [0.3, 0.4) is 0 Å². The molecule has 2 aromatic rings. The smallest absolute Gasteiger partial charge is 0.407 e. The zero-order chi connectivity index (χ0) is 17.3. The summed E-state index contributed by atoms with van der Waals surface area (Å²) in [5.74, 6) is 0. The summed E-state index contributed by atoms with van der Waals surface area (Å²) < 4.78 is 5.34. The van der Waals surface area contributed by atoms with Crippen molar-refractivity contribution in [3.8, 4) is 0 Å². The minimum absolute atomic E-state index is 0.160. The van der Waals surface area contributed by atoms with E-state index in [9.17, 15) is 4.79 Å². The van der Waals surface area contributed by atoms with Crippen LogP contribution in [0.5, 0.6) is 0 Å². The Morgan fingerprint density at radius 2 is 2.21 bits per heavy atom. The molecule has 0 saturated carbocycles. The number of aryl methyl sites for hydroxylation is 1. The first kappa shape index (κ1) is 16.8. The molecule has 1 saturated heterocycles. The number of likely N-dealkylation sites (tertiary alicyclic amines) is 1. The molecule has 0 aliphatic carbocycles. The Morgan fingerprint density at radius 1 is 1.42 bits per heavy atom. The average molecular weight is 329 g/mol. The molecule has 0 bridgehead atoms. The minimum atomic E-state index is -0.454. The van der Waals surface area contributed by atoms with Gasteiger partial charge in [-0.15, -0.1) is 0 Å². The normalized spacial score (nSPS) is 18.9. The van der Waals surface area contributed by atoms with Crippen molar-refractivity contribution in [2.75, 3.05) is 13.1 Å². The maximum Gasteiger partial charge on any atom is 0.407 e. The molecule has 24 heavy (non-hydrogen) atoms. The van der Waals surface area contributed by atoms with Crippen molar-refractivity contribution in [2.24, 2.45) is 0 Å². The minimum Gasteiger partial charge on any atom is -0.444 e. The van der Waals surface area contributed by atoms with Gasteiger partial charge in [0.25, 0.3) is 0 Å². The van der Waals surface area contributed by atoms with Gasteiger partial charge >= 0.3 is 6.09 Å². The number of carbonyl (C=O) groups is 1. The number of rotatable bonds is 3. The Balaban J connectivity index is 1.57. The topological polar surface area (TPSA) is 57.4 Å². The molecule has 0 radical (unpaired) electrons. The highest BCUT2D eigenvalue weighted by Crippen LogP contribution is 2.22. The average Bonchev–Trinajstić information content (AvgIpc) is 3.04. The van der Waals surface area contributed by atoms with E-state index >= 15 is 0 Å². The van der Waals surface area contributed by atoms with Crippen LogP contribution in [-0.4, -0.2) is 40.7 Å². The molecule has 1 aromatic heterocycles. The van der Waals surface area contributed by atoms with Crippen LogP contribution in [-0.2, 0) is 11.3 Å². The highest BCUT2D eigenvalue weighted by Gasteiger charge is 2.26. The van der Waals surface area contributed by atoms with Crippen molar-refractivity contribution in [3.63, 3.8) is 0 Å². The number of aromatic nitrogens is 1. The molecule has 1 atom stereocenters. The van der Waals surface area contributed by atoms with Gasteiger partial charge in [0, 0.05) is 42.8 Å². The summed E-state index contributed by atoms with van der Waals surface area (Å²) in [5, 5.41) is 4.26. The molecule has 1 aliphatic rings. The SMILES string of the molecule is Cc1ccc2c(CN3CC[C@@H](NC(=O)OC(C)(C)C)C3)c[nH]c2c1. The number of H-pyrrole nitrogens is 1. The lowest BCUT2D eigenvalue weighted by Crippen LogP contribution is -2.40. The first-order chi connectivity index (χ1) is 11.3. The van der Waals surface area contributed by atoms with Gasteiger partial charge in [-0.3, -0.25) is 4.90 Å². The third-order valence-electron chi connectivity index (χ3n) is 4.31. The third-order valence-corrected chi connectivity index (χ3v) is 4.31. The number of benzene rings is 1. The largest absolute Gasteiger partial charge is 0.444 e. The highest BCUT2D eigenvalue weighted by atomic mass is 16.6. The molecule has 1 aliphatic heterocycles. The van der Waals surface area contributed by atoms with E-state index in [1.54, 1.807) is 0 Å². The first-order valence-corrected chi connectivity index (χ1v) is 8.59. The van der Waals surface area contributed by atoms with E-state index in [1.807, 2.05) is 20.8 Å². The summed E-state index contributed by atoms with van der Waals surface area (Å²) in [4.78, 5) is 17.6. The Labute approximate surface area is 143 Å². The number of alkyl carbamates (subject to hydrolysis) is 1. The highest BCUT2D eigenvalue weighted by molar-refractivity contribution is 5.83. The van der Waals surface area contributed by atoms with Gasteiger partial charge in [-0.2, -0.15) is 0 Å². The second kappa shape index (κ2) is 6.48. The Morgan fingerprint density at radius 3 is 2.96 bits per heavy atom. The molecule has 0 unspecified atom stereocenters. The van der Waals surface area contributed by atoms with Crippen molar-refractivity contribution in [2.45, 2.75) is 52.3 Å². The van der Waals surface area contributed by atoms with Crippen LogP contribution in [0.25, 0.3) is 10.9 Å². The molecule has 1 amide bonds. The molecule has 3 rings (SSSR count). The predicted octanol–water partition coefficient (Wildman–Crippen LogP) is 3.58. The molecular formula is C19H27N3O2. The summed E-state index contributed by atoms with van der Waals surface area (Å²) >= 11 is 0. The quantitative estimate of drug-likeness (QED) is 0.905. The lowest BCUT2D eigenvalue weighted by atomic mass is 10.1. The number of carbonyl (C=O) groups excluding carboxylic acids is 1. The summed E-state index contributed by atoms with van der Waals surface area (Å²) in [5.41, 5.74) is 3.30. The maximum absolute atomic E-state index is 11.9. The van der Waals surface area contributed by atoms with Gasteiger partial charge in [0.05, 0.1) is 0 Å². The number of fused-ring (bicyclic) bond motifs is 1. The van der Waals surface area contributed by atoms with Crippen LogP contribution in [0.1, 0.15) is 38.3 Å². The molecule has 2 heterocycles. The van der Waals surface area contributed by atoms with Gasteiger partial charge in [0.1, 0.15) is 5.60 Å². The van der Waals surface area contributed by atoms with Crippen molar-refractivity contribution in [3.05, 3.63) is 35.5 Å². The van der Waals surface area contributed by atoms with E-state index in [4.69, 9.17) is 4.74 Å². The van der Waals surface area contributed by atoms with Gasteiger partial charge in [-0.25, -0.2) is 4.79 Å². The van der Waals surface area contributed by atoms with Gasteiger partial charge in [-0.1, -0.05) is 12.1 Å². The van der Waals surface area contributed by atoms with Crippen molar-refractivity contribution in [1.29, 1.82) is 0 Å². The number of amides is 1. The molecule has 1 aromatic carbocycles. The summed E-state index contributed by atoms with van der Waals surface area (Å²) in [6.07, 6.45) is 2.73. The molecule has 0 spiro atoms. The lowest BCUT2D eigenvalue weighted by molar-refractivity contribution is 0.0506. The monoisotopic (exact) mass is 329 g/mol. The zero-order valence-electron chi connectivity index (χ0n) is 15.0. The van der Waals surface area contributed by atoms with Crippen LogP contribution in [0.15, 0.2) is 24.4 Å². The fourth-order valence-electron chi connectivity index (χ4n) is 3.24. The number of hydrogen-bond donors (Lipinski definition) is 2. The zero-order valence-corrected chi connectivity index (χ0v) is 15.0. The van der Waals surface area contributed by atoms with Gasteiger partial charge < -0.3 is 15.0 Å². The molecule has 2 N–H and O–H groups in total. The summed E-state index contributed by atoms with van der Waals surface area (Å²) in [6.45, 7) is 10.5. The Kier molecular flexibility index (Phi) is 4.54. The fraction of sp³-hybridized carbons (Fsp3) is 0.526. The van der Waals surface area contributed by atoms with Crippen molar-refractivity contribution in [1.82, 2.24) is 15.2 Å². The lowest BCUT2D eigenvalue weighted by Gasteiger charge is -2.22. The van der Waals surface area contributed by atoms with Crippen molar-refractivity contribution < 1.29 is 9.53 Å². The maximum atomic E-state index is 11.9. The summed E-state index contributed by atoms with van der Waals surface area (Å²) in [6, 6.07) is 6.67. The molecular weight excluding hydrogens is 302 g/mol. The molecule has 130 valence electrons. The van der Waals surface area contributed by atoms with Gasteiger partial charge in [-0.05, 0) is 51.3 Å². The van der Waals surface area contributed by atoms with Crippen LogP contribution >= 0.6 is 0 Å². The van der Waals surface area contributed by atoms with E-state index in [2.05, 4.69) is 46.5 Å².